The zero-order valence-corrected chi connectivity index (χ0v) is 13.0. The van der Waals surface area contributed by atoms with Gasteiger partial charge in [-0.1, -0.05) is 6.92 Å². The van der Waals surface area contributed by atoms with Crippen LogP contribution < -0.4 is 5.32 Å². The molecule has 2 amide bonds. The molecule has 1 rings (SSSR count). The van der Waals surface area contributed by atoms with Crippen molar-refractivity contribution in [2.75, 3.05) is 20.6 Å². The van der Waals surface area contributed by atoms with Gasteiger partial charge in [0.1, 0.15) is 0 Å². The van der Waals surface area contributed by atoms with E-state index >= 15 is 0 Å². The molecule has 4 nitrogen and oxygen atoms in total. The van der Waals surface area contributed by atoms with E-state index < -0.39 is 0 Å². The van der Waals surface area contributed by atoms with Crippen LogP contribution in [0.1, 0.15) is 17.3 Å². The topological polar surface area (TPSA) is 49.4 Å². The molecule has 1 N–H and O–H groups in total. The monoisotopic (exact) mass is 366 g/mol. The Hall–Kier alpha value is -0.630. The summed E-state index contributed by atoms with van der Waals surface area (Å²) in [4.78, 5) is 24.9. The van der Waals surface area contributed by atoms with E-state index in [1.165, 1.54) is 11.3 Å². The van der Waals surface area contributed by atoms with Gasteiger partial charge in [0, 0.05) is 26.0 Å². The Morgan fingerprint density at radius 3 is 2.71 bits per heavy atom. The molecule has 0 saturated carbocycles. The zero-order chi connectivity index (χ0) is 13.0. The van der Waals surface area contributed by atoms with Crippen LogP contribution >= 0.6 is 33.9 Å². The van der Waals surface area contributed by atoms with E-state index in [-0.39, 0.29) is 17.7 Å². The third kappa shape index (κ3) is 3.95. The highest BCUT2D eigenvalue weighted by Crippen LogP contribution is 2.18. The SMILES string of the molecule is CNC(=O)C(C)CN(C)C(=O)c1csc(I)c1. The smallest absolute Gasteiger partial charge is 0.254 e. The molecule has 94 valence electrons. The van der Waals surface area contributed by atoms with Crippen molar-refractivity contribution < 1.29 is 9.59 Å². The van der Waals surface area contributed by atoms with Gasteiger partial charge in [0.2, 0.25) is 5.91 Å². The second-order valence-electron chi connectivity index (χ2n) is 3.84. The summed E-state index contributed by atoms with van der Waals surface area (Å²) < 4.78 is 1.08. The molecule has 0 aliphatic rings. The van der Waals surface area contributed by atoms with Crippen molar-refractivity contribution >= 4 is 45.7 Å². The molecule has 0 saturated heterocycles. The summed E-state index contributed by atoms with van der Waals surface area (Å²) in [6.45, 7) is 2.23. The van der Waals surface area contributed by atoms with Crippen LogP contribution in [0.3, 0.4) is 0 Å². The van der Waals surface area contributed by atoms with E-state index in [0.29, 0.717) is 12.1 Å². The third-order valence-corrected chi connectivity index (χ3v) is 4.19. The molecule has 1 aromatic rings. The van der Waals surface area contributed by atoms with Gasteiger partial charge in [0.25, 0.3) is 5.91 Å². The van der Waals surface area contributed by atoms with E-state index in [2.05, 4.69) is 27.9 Å². The van der Waals surface area contributed by atoms with Crippen molar-refractivity contribution in [3.63, 3.8) is 0 Å². The number of halogens is 1. The molecule has 1 unspecified atom stereocenters. The van der Waals surface area contributed by atoms with Crippen molar-refractivity contribution in [3.8, 4) is 0 Å². The number of nitrogens with zero attached hydrogens (tertiary/aromatic N) is 1. The average Bonchev–Trinajstić information content (AvgIpc) is 2.73. The van der Waals surface area contributed by atoms with Crippen molar-refractivity contribution in [1.82, 2.24) is 10.2 Å². The zero-order valence-electron chi connectivity index (χ0n) is 9.99. The summed E-state index contributed by atoms with van der Waals surface area (Å²) in [6.07, 6.45) is 0. The highest BCUT2D eigenvalue weighted by Gasteiger charge is 2.18. The molecule has 17 heavy (non-hydrogen) atoms. The van der Waals surface area contributed by atoms with Crippen molar-refractivity contribution in [2.24, 2.45) is 5.92 Å². The summed E-state index contributed by atoms with van der Waals surface area (Å²) in [6, 6.07) is 1.86. The molecule has 0 aromatic carbocycles. The number of thiophene rings is 1. The largest absolute Gasteiger partial charge is 0.359 e. The van der Waals surface area contributed by atoms with Gasteiger partial charge >= 0.3 is 0 Å². The first-order valence-corrected chi connectivity index (χ1v) is 7.12. The molecule has 0 radical (unpaired) electrons. The van der Waals surface area contributed by atoms with Gasteiger partial charge in [0.05, 0.1) is 14.4 Å². The predicted octanol–water partition coefficient (Wildman–Crippen LogP) is 1.81. The molecule has 0 bridgehead atoms. The van der Waals surface area contributed by atoms with E-state index in [9.17, 15) is 9.59 Å². The van der Waals surface area contributed by atoms with Gasteiger partial charge in [-0.05, 0) is 28.7 Å². The predicted molar refractivity (Wildman–Crippen MR) is 77.2 cm³/mol. The lowest BCUT2D eigenvalue weighted by Gasteiger charge is -2.20. The molecule has 0 spiro atoms. The third-order valence-electron chi connectivity index (χ3n) is 2.40. The van der Waals surface area contributed by atoms with Crippen LogP contribution in [0.25, 0.3) is 0 Å². The first-order valence-electron chi connectivity index (χ1n) is 5.16. The lowest BCUT2D eigenvalue weighted by Crippen LogP contribution is -2.37. The van der Waals surface area contributed by atoms with Crippen LogP contribution in [0.2, 0.25) is 0 Å². The Bertz CT molecular complexity index is 419. The molecule has 0 aliphatic carbocycles. The van der Waals surface area contributed by atoms with E-state index in [0.717, 1.165) is 2.88 Å². The minimum Gasteiger partial charge on any atom is -0.359 e. The number of hydrogen-bond donors (Lipinski definition) is 1. The Balaban J connectivity index is 2.62. The molecule has 1 aromatic heterocycles. The van der Waals surface area contributed by atoms with Crippen molar-refractivity contribution in [3.05, 3.63) is 19.9 Å². The highest BCUT2D eigenvalue weighted by atomic mass is 127. The van der Waals surface area contributed by atoms with Crippen LogP contribution in [0.15, 0.2) is 11.4 Å². The quantitative estimate of drug-likeness (QED) is 0.827. The average molecular weight is 366 g/mol. The lowest BCUT2D eigenvalue weighted by atomic mass is 10.1. The fourth-order valence-electron chi connectivity index (χ4n) is 1.47. The normalized spacial score (nSPS) is 12.0. The van der Waals surface area contributed by atoms with Gasteiger partial charge in [0.15, 0.2) is 0 Å². The molecular weight excluding hydrogens is 351 g/mol. The lowest BCUT2D eigenvalue weighted by molar-refractivity contribution is -0.124. The van der Waals surface area contributed by atoms with Crippen molar-refractivity contribution in [2.45, 2.75) is 6.92 Å². The van der Waals surface area contributed by atoms with E-state index in [1.807, 2.05) is 11.4 Å². The summed E-state index contributed by atoms with van der Waals surface area (Å²) in [5.41, 5.74) is 0.686. The standard InChI is InChI=1S/C11H15IN2O2S/c1-7(10(15)13-2)5-14(3)11(16)8-4-9(12)17-6-8/h4,6-7H,5H2,1-3H3,(H,13,15). The van der Waals surface area contributed by atoms with Crippen molar-refractivity contribution in [1.29, 1.82) is 0 Å². The number of amides is 2. The van der Waals surface area contributed by atoms with Gasteiger partial charge in [-0.15, -0.1) is 11.3 Å². The maximum absolute atomic E-state index is 12.0. The number of rotatable bonds is 4. The minimum atomic E-state index is -0.202. The number of nitrogens with one attached hydrogen (secondary N) is 1. The Labute approximate surface area is 119 Å². The van der Waals surface area contributed by atoms with Crippen LogP contribution in [-0.4, -0.2) is 37.4 Å². The second-order valence-corrected chi connectivity index (χ2v) is 6.65. The van der Waals surface area contributed by atoms with Crippen LogP contribution in [0, 0.1) is 8.80 Å². The summed E-state index contributed by atoms with van der Waals surface area (Å²) in [7, 11) is 3.31. The summed E-state index contributed by atoms with van der Waals surface area (Å²) >= 11 is 3.72. The van der Waals surface area contributed by atoms with Crippen LogP contribution in [0.4, 0.5) is 0 Å². The van der Waals surface area contributed by atoms with Gasteiger partial charge in [-0.25, -0.2) is 0 Å². The van der Waals surface area contributed by atoms with E-state index in [4.69, 9.17) is 0 Å². The first-order chi connectivity index (χ1) is 7.95. The number of carbonyl (C=O) groups excluding carboxylic acids is 2. The fourth-order valence-corrected chi connectivity index (χ4v) is 2.79. The Kier molecular flexibility index (Phi) is 5.38. The van der Waals surface area contributed by atoms with Gasteiger partial charge < -0.3 is 10.2 Å². The van der Waals surface area contributed by atoms with Gasteiger partial charge in [-0.3, -0.25) is 9.59 Å². The Morgan fingerprint density at radius 2 is 2.24 bits per heavy atom. The van der Waals surface area contributed by atoms with Gasteiger partial charge in [-0.2, -0.15) is 0 Å². The number of hydrogen-bond acceptors (Lipinski definition) is 3. The van der Waals surface area contributed by atoms with Crippen LogP contribution in [0.5, 0.6) is 0 Å². The number of carbonyl (C=O) groups is 2. The second kappa shape index (κ2) is 6.34. The molecular formula is C11H15IN2O2S. The summed E-state index contributed by atoms with van der Waals surface area (Å²) in [5.74, 6) is -0.295. The highest BCUT2D eigenvalue weighted by molar-refractivity contribution is 14.1. The summed E-state index contributed by atoms with van der Waals surface area (Å²) in [5, 5.41) is 4.42. The molecule has 0 fully saturated rings. The molecule has 1 atom stereocenters. The first kappa shape index (κ1) is 14.4. The molecule has 6 heteroatoms. The maximum Gasteiger partial charge on any atom is 0.254 e. The molecule has 1 heterocycles. The maximum atomic E-state index is 12.0. The minimum absolute atomic E-state index is 0.0417. The Morgan fingerprint density at radius 1 is 1.59 bits per heavy atom. The van der Waals surface area contributed by atoms with Crippen LogP contribution in [-0.2, 0) is 4.79 Å². The molecule has 0 aliphatic heterocycles. The fraction of sp³-hybridized carbons (Fsp3) is 0.455. The van der Waals surface area contributed by atoms with E-state index in [1.54, 1.807) is 25.9 Å².